The van der Waals surface area contributed by atoms with Crippen LogP contribution in [0.1, 0.15) is 5.69 Å². The summed E-state index contributed by atoms with van der Waals surface area (Å²) in [5.41, 5.74) is -0.980. The predicted molar refractivity (Wildman–Crippen MR) is 108 cm³/mol. The highest BCUT2D eigenvalue weighted by atomic mass is 19.4. The summed E-state index contributed by atoms with van der Waals surface area (Å²) in [4.78, 5) is 31.3. The molecule has 166 valence electrons. The third-order valence-corrected chi connectivity index (χ3v) is 3.84. The molecule has 0 radical (unpaired) electrons. The molecule has 10 nitrogen and oxygen atoms in total. The van der Waals surface area contributed by atoms with Gasteiger partial charge in [-0.25, -0.2) is 9.78 Å². The number of aromatic nitrogens is 4. The van der Waals surface area contributed by atoms with Gasteiger partial charge in [-0.1, -0.05) is 12.6 Å². The molecule has 3 N–H and O–H groups in total. The van der Waals surface area contributed by atoms with Crippen LogP contribution in [-0.2, 0) is 18.0 Å². The second kappa shape index (κ2) is 9.16. The van der Waals surface area contributed by atoms with E-state index in [0.29, 0.717) is 10.4 Å². The highest BCUT2D eigenvalue weighted by molar-refractivity contribution is 5.99. The molecule has 0 bridgehead atoms. The fourth-order valence-corrected chi connectivity index (χ4v) is 2.54. The molecule has 0 aliphatic heterocycles. The number of carbonyl (C=O) groups excluding carboxylic acids is 2. The van der Waals surface area contributed by atoms with Crippen LogP contribution in [0.4, 0.5) is 41.1 Å². The predicted octanol–water partition coefficient (Wildman–Crippen LogP) is 3.71. The third kappa shape index (κ3) is 5.59. The lowest BCUT2D eigenvalue weighted by Crippen LogP contribution is -2.18. The quantitative estimate of drug-likeness (QED) is 0.492. The molecule has 3 aromatic rings. The van der Waals surface area contributed by atoms with E-state index in [1.165, 1.54) is 24.4 Å². The van der Waals surface area contributed by atoms with Crippen molar-refractivity contribution in [3.63, 3.8) is 0 Å². The van der Waals surface area contributed by atoms with Gasteiger partial charge in [0.05, 0.1) is 11.9 Å². The van der Waals surface area contributed by atoms with Crippen LogP contribution in [0, 0.1) is 0 Å². The number of hydrogen-bond acceptors (Lipinski definition) is 7. The Kier molecular flexibility index (Phi) is 6.37. The molecule has 0 spiro atoms. The van der Waals surface area contributed by atoms with Gasteiger partial charge in [0.25, 0.3) is 0 Å². The first-order valence-electron chi connectivity index (χ1n) is 8.87. The normalized spacial score (nSPS) is 10.9. The minimum Gasteiger partial charge on any atom is -0.410 e. The van der Waals surface area contributed by atoms with E-state index in [2.05, 4.69) is 37.6 Å². The number of carbonyl (C=O) groups is 2. The van der Waals surface area contributed by atoms with Crippen LogP contribution in [0.15, 0.2) is 55.4 Å². The molecule has 32 heavy (non-hydrogen) atoms. The molecule has 2 heterocycles. The Labute approximate surface area is 179 Å². The Hall–Kier alpha value is -4.42. The molecule has 2 aromatic heterocycles. The van der Waals surface area contributed by atoms with E-state index in [-0.39, 0.29) is 23.2 Å². The third-order valence-electron chi connectivity index (χ3n) is 3.84. The molecule has 13 heteroatoms. The molecular weight excluding hydrogens is 431 g/mol. The van der Waals surface area contributed by atoms with E-state index < -0.39 is 23.9 Å². The molecule has 0 atom stereocenters. The number of rotatable bonds is 6. The maximum atomic E-state index is 13.2. The second-order valence-electron chi connectivity index (χ2n) is 6.15. The van der Waals surface area contributed by atoms with Crippen LogP contribution < -0.4 is 20.7 Å². The summed E-state index contributed by atoms with van der Waals surface area (Å²) < 4.78 is 45.3. The fourth-order valence-electron chi connectivity index (χ4n) is 2.54. The van der Waals surface area contributed by atoms with E-state index in [4.69, 9.17) is 4.74 Å². The Bertz CT molecular complexity index is 1160. The number of alkyl halides is 3. The SMILES string of the molecule is C=CC(=O)Nc1cccc(OC(=O)Nc2ccnc(Nc3cnn(C)c3C(F)(F)F)n2)c1. The van der Waals surface area contributed by atoms with Crippen molar-refractivity contribution in [2.75, 3.05) is 16.0 Å². The summed E-state index contributed by atoms with van der Waals surface area (Å²) in [7, 11) is 1.15. The Balaban J connectivity index is 1.68. The lowest BCUT2D eigenvalue weighted by molar-refractivity contribution is -0.143. The van der Waals surface area contributed by atoms with E-state index >= 15 is 0 Å². The molecule has 0 unspecified atom stereocenters. The monoisotopic (exact) mass is 447 g/mol. The molecule has 0 saturated heterocycles. The summed E-state index contributed by atoms with van der Waals surface area (Å²) in [6, 6.07) is 7.36. The van der Waals surface area contributed by atoms with Crippen LogP contribution in [0.2, 0.25) is 0 Å². The highest BCUT2D eigenvalue weighted by Gasteiger charge is 2.37. The first kappa shape index (κ1) is 22.3. The molecular formula is C19H16F3N7O3. The van der Waals surface area contributed by atoms with Crippen molar-refractivity contribution in [3.05, 3.63) is 61.1 Å². The zero-order valence-electron chi connectivity index (χ0n) is 16.5. The van der Waals surface area contributed by atoms with Crippen LogP contribution >= 0.6 is 0 Å². The van der Waals surface area contributed by atoms with Crippen molar-refractivity contribution >= 4 is 35.1 Å². The Morgan fingerprint density at radius 2 is 2.00 bits per heavy atom. The maximum Gasteiger partial charge on any atom is 0.435 e. The zero-order chi connectivity index (χ0) is 23.3. The molecule has 3 rings (SSSR count). The lowest BCUT2D eigenvalue weighted by atomic mass is 10.3. The largest absolute Gasteiger partial charge is 0.435 e. The number of halogens is 3. The smallest absolute Gasteiger partial charge is 0.410 e. The average molecular weight is 447 g/mol. The van der Waals surface area contributed by atoms with Crippen molar-refractivity contribution in [2.45, 2.75) is 6.18 Å². The van der Waals surface area contributed by atoms with Gasteiger partial charge in [0, 0.05) is 25.0 Å². The fraction of sp³-hybridized carbons (Fsp3) is 0.105. The molecule has 0 aliphatic carbocycles. The number of aryl methyl sites for hydroxylation is 1. The van der Waals surface area contributed by atoms with Gasteiger partial charge in [-0.15, -0.1) is 0 Å². The second-order valence-corrected chi connectivity index (χ2v) is 6.15. The van der Waals surface area contributed by atoms with Gasteiger partial charge in [0.15, 0.2) is 5.69 Å². The summed E-state index contributed by atoms with van der Waals surface area (Å²) >= 11 is 0. The van der Waals surface area contributed by atoms with E-state index in [9.17, 15) is 22.8 Å². The zero-order valence-corrected chi connectivity index (χ0v) is 16.5. The summed E-state index contributed by atoms with van der Waals surface area (Å²) in [6.07, 6.45) is -2.25. The van der Waals surface area contributed by atoms with Crippen molar-refractivity contribution < 1.29 is 27.5 Å². The van der Waals surface area contributed by atoms with Crippen molar-refractivity contribution in [1.29, 1.82) is 0 Å². The molecule has 0 saturated carbocycles. The Morgan fingerprint density at radius 3 is 2.72 bits per heavy atom. The van der Waals surface area contributed by atoms with Crippen LogP contribution in [-0.4, -0.2) is 31.7 Å². The maximum absolute atomic E-state index is 13.2. The minimum absolute atomic E-state index is 0.0268. The standard InChI is InChI=1S/C19H16F3N7O3/c1-3-15(30)25-11-5-4-6-12(9-11)32-18(31)28-14-7-8-23-17(27-14)26-13-10-24-29(2)16(13)19(20,21)22/h3-10H,1H2,2H3,(H,25,30)(H2,23,26,27,28,31). The summed E-state index contributed by atoms with van der Waals surface area (Å²) in [5, 5.41) is 10.9. The number of amides is 2. The molecule has 1 aromatic carbocycles. The van der Waals surface area contributed by atoms with Gasteiger partial charge in [-0.2, -0.15) is 23.3 Å². The van der Waals surface area contributed by atoms with E-state index in [1.807, 2.05) is 0 Å². The van der Waals surface area contributed by atoms with Gasteiger partial charge in [0.1, 0.15) is 11.6 Å². The van der Waals surface area contributed by atoms with Gasteiger partial charge in [-0.3, -0.25) is 14.8 Å². The number of hydrogen-bond donors (Lipinski definition) is 3. The first-order valence-corrected chi connectivity index (χ1v) is 8.87. The number of benzene rings is 1. The topological polar surface area (TPSA) is 123 Å². The number of anilines is 4. The van der Waals surface area contributed by atoms with E-state index in [0.717, 1.165) is 19.3 Å². The van der Waals surface area contributed by atoms with Crippen molar-refractivity contribution in [3.8, 4) is 5.75 Å². The first-order chi connectivity index (χ1) is 15.2. The number of ether oxygens (including phenoxy) is 1. The van der Waals surface area contributed by atoms with Crippen molar-refractivity contribution in [1.82, 2.24) is 19.7 Å². The van der Waals surface area contributed by atoms with Crippen LogP contribution in [0.5, 0.6) is 5.75 Å². The molecule has 0 aliphatic rings. The van der Waals surface area contributed by atoms with Gasteiger partial charge in [0.2, 0.25) is 11.9 Å². The average Bonchev–Trinajstić information content (AvgIpc) is 3.08. The van der Waals surface area contributed by atoms with Gasteiger partial charge in [-0.05, 0) is 24.3 Å². The summed E-state index contributed by atoms with van der Waals surface area (Å²) in [5.74, 6) is -0.534. The highest BCUT2D eigenvalue weighted by Crippen LogP contribution is 2.35. The summed E-state index contributed by atoms with van der Waals surface area (Å²) in [6.45, 7) is 3.34. The number of nitrogens with zero attached hydrogens (tertiary/aromatic N) is 4. The molecule has 0 fully saturated rings. The van der Waals surface area contributed by atoms with Gasteiger partial charge >= 0.3 is 12.3 Å². The number of nitrogens with one attached hydrogen (secondary N) is 3. The Morgan fingerprint density at radius 1 is 1.22 bits per heavy atom. The minimum atomic E-state index is -4.65. The van der Waals surface area contributed by atoms with E-state index in [1.54, 1.807) is 12.1 Å². The molecule has 2 amide bonds. The lowest BCUT2D eigenvalue weighted by Gasteiger charge is -2.11. The van der Waals surface area contributed by atoms with Crippen LogP contribution in [0.25, 0.3) is 0 Å². The van der Waals surface area contributed by atoms with Gasteiger partial charge < -0.3 is 15.4 Å². The van der Waals surface area contributed by atoms with Crippen LogP contribution in [0.3, 0.4) is 0 Å². The van der Waals surface area contributed by atoms with Crippen molar-refractivity contribution in [2.24, 2.45) is 7.05 Å².